The lowest BCUT2D eigenvalue weighted by Crippen LogP contribution is -2.42. The third-order valence-corrected chi connectivity index (χ3v) is 8.07. The van der Waals surface area contributed by atoms with E-state index in [9.17, 15) is 9.90 Å². The van der Waals surface area contributed by atoms with E-state index in [-0.39, 0.29) is 11.4 Å². The minimum absolute atomic E-state index is 0.0580. The number of hydrogen-bond donors (Lipinski definition) is 1. The van der Waals surface area contributed by atoms with Gasteiger partial charge in [0.1, 0.15) is 11.6 Å². The van der Waals surface area contributed by atoms with Gasteiger partial charge in [-0.25, -0.2) is 9.18 Å². The van der Waals surface area contributed by atoms with Crippen LogP contribution in [0.1, 0.15) is 32.4 Å². The highest BCUT2D eigenvalue weighted by atomic mass is 35.5. The van der Waals surface area contributed by atoms with Crippen LogP contribution in [0.2, 0.25) is 5.02 Å². The molecule has 1 N–H and O–H groups in total. The Morgan fingerprint density at radius 3 is 2.35 bits per heavy atom. The van der Waals surface area contributed by atoms with Gasteiger partial charge in [-0.1, -0.05) is 17.7 Å². The molecule has 1 fully saturated rings. The maximum absolute atomic E-state index is 15.0. The lowest BCUT2D eigenvalue weighted by molar-refractivity contribution is 0.215. The molecule has 0 atom stereocenters. The number of aryl methyl sites for hydroxylation is 2. The topological polar surface area (TPSA) is 66.5 Å². The van der Waals surface area contributed by atoms with Gasteiger partial charge in [0.05, 0.1) is 22.1 Å². The summed E-state index contributed by atoms with van der Waals surface area (Å²) in [5, 5.41) is 11.7. The van der Waals surface area contributed by atoms with Crippen molar-refractivity contribution in [2.45, 2.75) is 39.7 Å². The number of benzene rings is 2. The largest absolute Gasteiger partial charge is 0.507 e. The van der Waals surface area contributed by atoms with Gasteiger partial charge >= 0.3 is 5.69 Å². The number of halogens is 2. The predicted molar refractivity (Wildman–Crippen MR) is 159 cm³/mol. The molecule has 40 heavy (non-hydrogen) atoms. The first kappa shape index (κ1) is 27.9. The summed E-state index contributed by atoms with van der Waals surface area (Å²) in [7, 11) is 1.66. The number of phenols is 1. The van der Waals surface area contributed by atoms with Crippen LogP contribution in [0.25, 0.3) is 27.9 Å². The first-order valence-corrected chi connectivity index (χ1v) is 14.0. The number of aromatic nitrogens is 3. The van der Waals surface area contributed by atoms with Crippen LogP contribution in [0.4, 0.5) is 10.1 Å². The van der Waals surface area contributed by atoms with Crippen molar-refractivity contribution in [2.75, 3.05) is 31.1 Å². The third-order valence-electron chi connectivity index (χ3n) is 7.76. The van der Waals surface area contributed by atoms with Gasteiger partial charge in [0, 0.05) is 68.0 Å². The number of rotatable bonds is 5. The Balaban J connectivity index is 1.51. The quantitative estimate of drug-likeness (QED) is 0.321. The van der Waals surface area contributed by atoms with Crippen LogP contribution in [0.5, 0.6) is 5.75 Å². The Hall–Kier alpha value is -3.62. The van der Waals surface area contributed by atoms with Gasteiger partial charge in [0.15, 0.2) is 0 Å². The van der Waals surface area contributed by atoms with Crippen molar-refractivity contribution in [1.82, 2.24) is 19.0 Å². The summed E-state index contributed by atoms with van der Waals surface area (Å²) in [6.45, 7) is 10.3. The highest BCUT2D eigenvalue weighted by Gasteiger charge is 2.20. The Morgan fingerprint density at radius 1 is 0.950 bits per heavy atom. The number of anilines is 1. The van der Waals surface area contributed by atoms with Crippen molar-refractivity contribution in [3.63, 3.8) is 0 Å². The summed E-state index contributed by atoms with van der Waals surface area (Å²) in [4.78, 5) is 21.9. The van der Waals surface area contributed by atoms with Crippen LogP contribution in [0.3, 0.4) is 0 Å². The fourth-order valence-electron chi connectivity index (χ4n) is 5.39. The molecule has 2 aromatic carbocycles. The molecule has 0 spiro atoms. The van der Waals surface area contributed by atoms with Crippen molar-refractivity contribution >= 4 is 17.3 Å². The SMILES string of the molecule is Cc1ncc(-c2cc(F)cc(-c3ccc(-n4ccn(C)c4=O)c(Cl)c3)c2O)cc1N1CCCCN(C(C)C)CC1. The van der Waals surface area contributed by atoms with E-state index in [1.165, 1.54) is 21.3 Å². The Labute approximate surface area is 239 Å². The lowest BCUT2D eigenvalue weighted by atomic mass is 9.97. The molecule has 0 saturated carbocycles. The number of pyridine rings is 1. The molecule has 0 aliphatic carbocycles. The number of phenolic OH excluding ortho intramolecular Hbond substituents is 1. The maximum Gasteiger partial charge on any atom is 0.332 e. The molecular weight excluding hydrogens is 529 g/mol. The van der Waals surface area contributed by atoms with Crippen LogP contribution >= 0.6 is 11.6 Å². The van der Waals surface area contributed by atoms with Gasteiger partial charge in [-0.3, -0.25) is 14.5 Å². The number of nitrogens with zero attached hydrogens (tertiary/aromatic N) is 5. The van der Waals surface area contributed by atoms with E-state index in [1.54, 1.807) is 43.8 Å². The molecule has 210 valence electrons. The van der Waals surface area contributed by atoms with Crippen molar-refractivity contribution in [2.24, 2.45) is 7.05 Å². The molecule has 9 heteroatoms. The van der Waals surface area contributed by atoms with Gasteiger partial charge in [-0.05, 0) is 76.1 Å². The molecule has 4 aromatic rings. The van der Waals surface area contributed by atoms with E-state index in [1.807, 2.05) is 13.0 Å². The van der Waals surface area contributed by atoms with Crippen LogP contribution < -0.4 is 10.6 Å². The van der Waals surface area contributed by atoms with Gasteiger partial charge in [0.2, 0.25) is 0 Å². The average molecular weight is 564 g/mol. The zero-order valence-corrected chi connectivity index (χ0v) is 24.1. The van der Waals surface area contributed by atoms with Crippen LogP contribution in [-0.4, -0.2) is 56.3 Å². The second-order valence-electron chi connectivity index (χ2n) is 10.7. The third kappa shape index (κ3) is 5.51. The molecule has 5 rings (SSSR count). The fraction of sp³-hybridized carbons (Fsp3) is 0.355. The molecule has 1 aliphatic rings. The monoisotopic (exact) mass is 563 g/mol. The molecule has 2 aromatic heterocycles. The smallest absolute Gasteiger partial charge is 0.332 e. The molecule has 7 nitrogen and oxygen atoms in total. The number of imidazole rings is 1. The lowest BCUT2D eigenvalue weighted by Gasteiger charge is -2.34. The summed E-state index contributed by atoms with van der Waals surface area (Å²) >= 11 is 6.56. The zero-order valence-electron chi connectivity index (χ0n) is 23.4. The van der Waals surface area contributed by atoms with Gasteiger partial charge in [0.25, 0.3) is 0 Å². The molecule has 1 aliphatic heterocycles. The molecule has 0 amide bonds. The summed E-state index contributed by atoms with van der Waals surface area (Å²) in [6.07, 6.45) is 7.17. The fourth-order valence-corrected chi connectivity index (χ4v) is 5.66. The number of hydrogen-bond acceptors (Lipinski definition) is 5. The molecule has 0 unspecified atom stereocenters. The minimum atomic E-state index is -0.483. The zero-order chi connectivity index (χ0) is 28.6. The maximum atomic E-state index is 15.0. The molecular formula is C31H35ClFN5O2. The molecule has 0 radical (unpaired) electrons. The molecule has 1 saturated heterocycles. The van der Waals surface area contributed by atoms with E-state index in [2.05, 4.69) is 28.6 Å². The molecule has 3 heterocycles. The van der Waals surface area contributed by atoms with E-state index in [0.29, 0.717) is 39.0 Å². The van der Waals surface area contributed by atoms with E-state index in [4.69, 9.17) is 11.6 Å². The highest BCUT2D eigenvalue weighted by Crippen LogP contribution is 2.41. The first-order chi connectivity index (χ1) is 19.1. The Morgan fingerprint density at radius 2 is 1.68 bits per heavy atom. The standard InChI is InChI=1S/C31H35ClFN5O2/c1-20(2)36-9-5-6-10-37(13-12-36)29-16-23(19-34-21(29)3)26-18-24(33)17-25(30(26)39)22-7-8-28(27(32)15-22)38-14-11-35(4)31(38)40/h7-8,11,14-20,39H,5-6,9-10,12-13H2,1-4H3. The van der Waals surface area contributed by atoms with E-state index in [0.717, 1.165) is 50.4 Å². The minimum Gasteiger partial charge on any atom is -0.507 e. The van der Waals surface area contributed by atoms with Gasteiger partial charge in [-0.2, -0.15) is 0 Å². The normalized spacial score (nSPS) is 14.9. The summed E-state index contributed by atoms with van der Waals surface area (Å²) < 4.78 is 17.9. The van der Waals surface area contributed by atoms with Gasteiger partial charge < -0.3 is 14.6 Å². The van der Waals surface area contributed by atoms with E-state index < -0.39 is 5.82 Å². The average Bonchev–Trinajstić information content (AvgIpc) is 3.23. The van der Waals surface area contributed by atoms with E-state index >= 15 is 4.39 Å². The Kier molecular flexibility index (Phi) is 8.01. The molecule has 0 bridgehead atoms. The van der Waals surface area contributed by atoms with Crippen molar-refractivity contribution in [3.05, 3.63) is 82.0 Å². The summed E-state index contributed by atoms with van der Waals surface area (Å²) in [5.74, 6) is -0.541. The van der Waals surface area contributed by atoms with Gasteiger partial charge in [-0.15, -0.1) is 0 Å². The van der Waals surface area contributed by atoms with Crippen molar-refractivity contribution in [1.29, 1.82) is 0 Å². The second kappa shape index (κ2) is 11.5. The predicted octanol–water partition coefficient (Wildman–Crippen LogP) is 6.02. The second-order valence-corrected chi connectivity index (χ2v) is 11.1. The highest BCUT2D eigenvalue weighted by molar-refractivity contribution is 6.32. The van der Waals surface area contributed by atoms with Crippen LogP contribution in [0, 0.1) is 12.7 Å². The first-order valence-electron chi connectivity index (χ1n) is 13.7. The number of aromatic hydroxyl groups is 1. The summed E-state index contributed by atoms with van der Waals surface area (Å²) in [5.41, 5.74) is 4.01. The van der Waals surface area contributed by atoms with Crippen LogP contribution in [0.15, 0.2) is 59.8 Å². The van der Waals surface area contributed by atoms with Crippen molar-refractivity contribution in [3.8, 4) is 33.7 Å². The summed E-state index contributed by atoms with van der Waals surface area (Å²) in [6, 6.07) is 10.2. The Bertz CT molecular complexity index is 1600. The van der Waals surface area contributed by atoms with Crippen molar-refractivity contribution < 1.29 is 9.50 Å². The van der Waals surface area contributed by atoms with Crippen LogP contribution in [-0.2, 0) is 7.05 Å².